The van der Waals surface area contributed by atoms with Gasteiger partial charge in [0.1, 0.15) is 5.60 Å². The molecule has 2 heterocycles. The van der Waals surface area contributed by atoms with E-state index >= 15 is 0 Å². The van der Waals surface area contributed by atoms with Gasteiger partial charge in [-0.25, -0.2) is 4.79 Å². The maximum atomic E-state index is 12.0. The normalized spacial score (nSPS) is 33.5. The van der Waals surface area contributed by atoms with E-state index in [1.54, 1.807) is 4.90 Å². The van der Waals surface area contributed by atoms with Crippen LogP contribution in [0.4, 0.5) is 4.79 Å². The number of hydrogen-bond donors (Lipinski definition) is 1. The minimum absolute atomic E-state index is 0.181. The van der Waals surface area contributed by atoms with Crippen molar-refractivity contribution in [2.45, 2.75) is 63.8 Å². The van der Waals surface area contributed by atoms with Gasteiger partial charge in [0, 0.05) is 6.54 Å². The maximum absolute atomic E-state index is 12.0. The summed E-state index contributed by atoms with van der Waals surface area (Å²) in [5, 5.41) is -0.387. The molecule has 6 heteroatoms. The highest BCUT2D eigenvalue weighted by Crippen LogP contribution is 2.38. The molecule has 0 aromatic carbocycles. The van der Waals surface area contributed by atoms with Gasteiger partial charge in [-0.15, -0.1) is 11.6 Å². The van der Waals surface area contributed by atoms with Crippen molar-refractivity contribution in [3.63, 3.8) is 0 Å². The SMILES string of the molecule is CC.CC(C)(C)OC(=O)N1C[C@@H](Cl)[C@@]2(N)OCC[C@@H]12. The number of nitrogens with two attached hydrogens (primary N) is 1. The number of fused-ring (bicyclic) bond motifs is 1. The molecule has 0 aromatic rings. The molecule has 112 valence electrons. The van der Waals surface area contributed by atoms with E-state index in [0.29, 0.717) is 19.6 Å². The largest absolute Gasteiger partial charge is 0.444 e. The van der Waals surface area contributed by atoms with Gasteiger partial charge in [-0.1, -0.05) is 13.8 Å². The highest BCUT2D eigenvalue weighted by molar-refractivity contribution is 6.22. The van der Waals surface area contributed by atoms with E-state index in [9.17, 15) is 4.79 Å². The number of carbonyl (C=O) groups is 1. The Bertz CT molecular complexity index is 332. The summed E-state index contributed by atoms with van der Waals surface area (Å²) in [6, 6.07) is -0.181. The smallest absolute Gasteiger partial charge is 0.410 e. The maximum Gasteiger partial charge on any atom is 0.410 e. The average molecular weight is 293 g/mol. The monoisotopic (exact) mass is 292 g/mol. The number of halogens is 1. The molecular formula is C13H25ClN2O3. The Hall–Kier alpha value is -0.520. The molecule has 2 fully saturated rings. The zero-order valence-electron chi connectivity index (χ0n) is 12.4. The predicted molar refractivity (Wildman–Crippen MR) is 75.2 cm³/mol. The van der Waals surface area contributed by atoms with E-state index < -0.39 is 11.3 Å². The van der Waals surface area contributed by atoms with Crippen molar-refractivity contribution in [2.24, 2.45) is 5.73 Å². The van der Waals surface area contributed by atoms with Crippen molar-refractivity contribution in [2.75, 3.05) is 13.2 Å². The van der Waals surface area contributed by atoms with Gasteiger partial charge in [0.15, 0.2) is 5.72 Å². The number of ether oxygens (including phenoxy) is 2. The summed E-state index contributed by atoms with van der Waals surface area (Å²) in [5.74, 6) is 0. The highest BCUT2D eigenvalue weighted by Gasteiger charge is 2.57. The fourth-order valence-corrected chi connectivity index (χ4v) is 2.69. The number of likely N-dealkylation sites (tertiary alicyclic amines) is 1. The molecule has 0 aliphatic carbocycles. The van der Waals surface area contributed by atoms with Crippen molar-refractivity contribution >= 4 is 17.7 Å². The fourth-order valence-electron chi connectivity index (χ4n) is 2.33. The van der Waals surface area contributed by atoms with Crippen LogP contribution in [-0.2, 0) is 9.47 Å². The Morgan fingerprint density at radius 3 is 2.58 bits per heavy atom. The molecule has 2 N–H and O–H groups in total. The van der Waals surface area contributed by atoms with E-state index in [0.717, 1.165) is 0 Å². The fraction of sp³-hybridized carbons (Fsp3) is 0.923. The Labute approximate surface area is 120 Å². The van der Waals surface area contributed by atoms with Crippen LogP contribution in [0, 0.1) is 0 Å². The zero-order valence-corrected chi connectivity index (χ0v) is 13.2. The second-order valence-corrected chi connectivity index (χ2v) is 6.13. The Morgan fingerprint density at radius 2 is 2.05 bits per heavy atom. The van der Waals surface area contributed by atoms with Crippen molar-refractivity contribution in [3.05, 3.63) is 0 Å². The summed E-state index contributed by atoms with van der Waals surface area (Å²) in [7, 11) is 0. The second-order valence-electron chi connectivity index (χ2n) is 5.61. The van der Waals surface area contributed by atoms with Crippen LogP contribution in [0.25, 0.3) is 0 Å². The standard InChI is InChI=1S/C11H19ClN2O3.C2H6/c1-10(2,3)17-9(15)14-6-7(12)11(13)8(14)4-5-16-11;1-2/h7-8H,4-6,13H2,1-3H3;1-2H3/t7-,8-,11-;/m1./s1. The summed E-state index contributed by atoms with van der Waals surface area (Å²) in [5.41, 5.74) is 4.66. The molecule has 0 saturated carbocycles. The van der Waals surface area contributed by atoms with Gasteiger partial charge in [0.25, 0.3) is 0 Å². The lowest BCUT2D eigenvalue weighted by Gasteiger charge is -2.29. The number of alkyl halides is 1. The molecule has 0 spiro atoms. The van der Waals surface area contributed by atoms with Gasteiger partial charge in [0.05, 0.1) is 18.0 Å². The Balaban J connectivity index is 0.000000861. The van der Waals surface area contributed by atoms with Crippen molar-refractivity contribution in [1.82, 2.24) is 4.90 Å². The van der Waals surface area contributed by atoms with Gasteiger partial charge in [-0.05, 0) is 27.2 Å². The molecular weight excluding hydrogens is 268 g/mol. The number of hydrogen-bond acceptors (Lipinski definition) is 4. The first-order valence-corrected chi connectivity index (χ1v) is 7.24. The molecule has 0 aromatic heterocycles. The van der Waals surface area contributed by atoms with Crippen LogP contribution in [0.15, 0.2) is 0 Å². The van der Waals surface area contributed by atoms with Crippen LogP contribution < -0.4 is 5.73 Å². The molecule has 0 bridgehead atoms. The first kappa shape index (κ1) is 16.5. The van der Waals surface area contributed by atoms with E-state index in [2.05, 4.69) is 0 Å². The molecule has 1 amide bonds. The van der Waals surface area contributed by atoms with Crippen molar-refractivity contribution in [3.8, 4) is 0 Å². The van der Waals surface area contributed by atoms with Crippen LogP contribution in [-0.4, -0.2) is 46.9 Å². The molecule has 0 unspecified atom stereocenters. The molecule has 19 heavy (non-hydrogen) atoms. The van der Waals surface area contributed by atoms with E-state index in [1.807, 2.05) is 34.6 Å². The minimum Gasteiger partial charge on any atom is -0.444 e. The van der Waals surface area contributed by atoms with Gasteiger partial charge < -0.3 is 15.2 Å². The average Bonchev–Trinajstić information content (AvgIpc) is 2.78. The summed E-state index contributed by atoms with van der Waals surface area (Å²) >= 11 is 6.17. The van der Waals surface area contributed by atoms with E-state index in [4.69, 9.17) is 26.8 Å². The summed E-state index contributed by atoms with van der Waals surface area (Å²) in [6.45, 7) is 10.4. The van der Waals surface area contributed by atoms with Crippen molar-refractivity contribution in [1.29, 1.82) is 0 Å². The molecule has 5 nitrogen and oxygen atoms in total. The predicted octanol–water partition coefficient (Wildman–Crippen LogP) is 2.31. The Morgan fingerprint density at radius 1 is 1.47 bits per heavy atom. The quantitative estimate of drug-likeness (QED) is 0.696. The molecule has 2 aliphatic rings. The lowest BCUT2D eigenvalue weighted by atomic mass is 10.1. The first-order valence-electron chi connectivity index (χ1n) is 6.80. The third kappa shape index (κ3) is 3.33. The summed E-state index contributed by atoms with van der Waals surface area (Å²) < 4.78 is 10.8. The summed E-state index contributed by atoms with van der Waals surface area (Å²) in [4.78, 5) is 13.6. The Kier molecular flexibility index (Phi) is 5.09. The minimum atomic E-state index is -0.918. The topological polar surface area (TPSA) is 64.8 Å². The number of nitrogens with zero attached hydrogens (tertiary/aromatic N) is 1. The van der Waals surface area contributed by atoms with E-state index in [1.165, 1.54) is 0 Å². The van der Waals surface area contributed by atoms with E-state index in [-0.39, 0.29) is 17.5 Å². The molecule has 2 rings (SSSR count). The van der Waals surface area contributed by atoms with Gasteiger partial charge in [0.2, 0.25) is 0 Å². The second kappa shape index (κ2) is 5.85. The van der Waals surface area contributed by atoms with Crippen LogP contribution in [0.2, 0.25) is 0 Å². The molecule has 2 aliphatic heterocycles. The number of rotatable bonds is 0. The van der Waals surface area contributed by atoms with Gasteiger partial charge >= 0.3 is 6.09 Å². The van der Waals surface area contributed by atoms with Crippen molar-refractivity contribution < 1.29 is 14.3 Å². The van der Waals surface area contributed by atoms with Crippen LogP contribution >= 0.6 is 11.6 Å². The van der Waals surface area contributed by atoms with Crippen LogP contribution in [0.5, 0.6) is 0 Å². The zero-order chi connectivity index (χ0) is 14.8. The first-order chi connectivity index (χ1) is 8.74. The van der Waals surface area contributed by atoms with Crippen LogP contribution in [0.3, 0.4) is 0 Å². The molecule has 3 atom stereocenters. The third-order valence-electron chi connectivity index (χ3n) is 3.11. The lowest BCUT2D eigenvalue weighted by Crippen LogP contribution is -2.54. The number of carbonyl (C=O) groups excluding carboxylic acids is 1. The molecule has 0 radical (unpaired) electrons. The third-order valence-corrected chi connectivity index (χ3v) is 3.59. The molecule has 2 saturated heterocycles. The van der Waals surface area contributed by atoms with Gasteiger partial charge in [-0.3, -0.25) is 4.90 Å². The lowest BCUT2D eigenvalue weighted by molar-refractivity contribution is -0.00567. The van der Waals surface area contributed by atoms with Gasteiger partial charge in [-0.2, -0.15) is 0 Å². The summed E-state index contributed by atoms with van der Waals surface area (Å²) in [6.07, 6.45) is 0.338. The highest BCUT2D eigenvalue weighted by atomic mass is 35.5. The van der Waals surface area contributed by atoms with Crippen LogP contribution in [0.1, 0.15) is 41.0 Å². The number of amides is 1.